The lowest BCUT2D eigenvalue weighted by molar-refractivity contribution is 1.53. The molecule has 0 saturated carbocycles. The largest absolute Gasteiger partial charge is 0.397 e. The lowest BCUT2D eigenvalue weighted by atomic mass is 10.0. The molecule has 2 nitrogen and oxygen atoms in total. The van der Waals surface area contributed by atoms with Crippen LogP contribution in [0.2, 0.25) is 0 Å². The Kier molecular flexibility index (Phi) is 1.62. The molecule has 2 heteroatoms. The first-order valence-electron chi connectivity index (χ1n) is 4.23. The molecule has 0 amide bonds. The van der Waals surface area contributed by atoms with Gasteiger partial charge in [-0.25, -0.2) is 0 Å². The Morgan fingerprint density at radius 3 is 2.46 bits per heavy atom. The van der Waals surface area contributed by atoms with Gasteiger partial charge in [0, 0.05) is 0 Å². The highest BCUT2D eigenvalue weighted by Crippen LogP contribution is 2.25. The zero-order valence-electron chi connectivity index (χ0n) is 7.54. The summed E-state index contributed by atoms with van der Waals surface area (Å²) >= 11 is 0. The minimum absolute atomic E-state index is 0.651. The van der Waals surface area contributed by atoms with Crippen molar-refractivity contribution in [3.05, 3.63) is 35.9 Å². The first kappa shape index (κ1) is 7.92. The van der Waals surface area contributed by atoms with Crippen LogP contribution in [0.5, 0.6) is 0 Å². The number of anilines is 2. The topological polar surface area (TPSA) is 52.0 Å². The summed E-state index contributed by atoms with van der Waals surface area (Å²) in [5.74, 6) is 0. The number of nitrogen functional groups attached to an aromatic ring is 2. The maximum Gasteiger partial charge on any atom is 0.0554 e. The van der Waals surface area contributed by atoms with Crippen molar-refractivity contribution in [2.45, 2.75) is 6.92 Å². The number of hydrogen-bond donors (Lipinski definition) is 2. The fourth-order valence-electron chi connectivity index (χ4n) is 1.52. The van der Waals surface area contributed by atoms with E-state index in [0.29, 0.717) is 11.4 Å². The van der Waals surface area contributed by atoms with Gasteiger partial charge in [0.25, 0.3) is 0 Å². The second kappa shape index (κ2) is 2.66. The monoisotopic (exact) mass is 172 g/mol. The molecule has 2 aromatic rings. The fourth-order valence-corrected chi connectivity index (χ4v) is 1.52. The highest BCUT2D eigenvalue weighted by molar-refractivity contribution is 5.92. The number of aryl methyl sites for hydroxylation is 1. The summed E-state index contributed by atoms with van der Waals surface area (Å²) in [6, 6.07) is 9.97. The van der Waals surface area contributed by atoms with Gasteiger partial charge in [0.15, 0.2) is 0 Å². The minimum Gasteiger partial charge on any atom is -0.397 e. The summed E-state index contributed by atoms with van der Waals surface area (Å²) in [6.07, 6.45) is 0. The molecule has 0 heterocycles. The molecule has 2 rings (SSSR count). The molecule has 13 heavy (non-hydrogen) atoms. The molecule has 0 spiro atoms. The van der Waals surface area contributed by atoms with Gasteiger partial charge in [-0.05, 0) is 35.4 Å². The Labute approximate surface area is 77.2 Å². The number of rotatable bonds is 0. The van der Waals surface area contributed by atoms with Crippen LogP contribution in [-0.4, -0.2) is 0 Å². The number of hydrogen-bond acceptors (Lipinski definition) is 2. The van der Waals surface area contributed by atoms with E-state index >= 15 is 0 Å². The standard InChI is InChI=1S/C11H12N2/c1-7-3-2-4-8-5-10(12)11(13)6-9(7)8/h2-6H,12-13H2,1H3. The molecule has 0 fully saturated rings. The van der Waals surface area contributed by atoms with Crippen LogP contribution in [0.15, 0.2) is 30.3 Å². The maximum absolute atomic E-state index is 5.73. The highest BCUT2D eigenvalue weighted by Gasteiger charge is 2.00. The van der Waals surface area contributed by atoms with E-state index in [0.717, 1.165) is 5.39 Å². The first-order valence-corrected chi connectivity index (χ1v) is 4.23. The van der Waals surface area contributed by atoms with Crippen molar-refractivity contribution in [3.63, 3.8) is 0 Å². The zero-order valence-corrected chi connectivity index (χ0v) is 7.54. The third kappa shape index (κ3) is 1.20. The Morgan fingerprint density at radius 2 is 1.69 bits per heavy atom. The molecule has 0 aliphatic rings. The number of fused-ring (bicyclic) bond motifs is 1. The molecule has 0 unspecified atom stereocenters. The van der Waals surface area contributed by atoms with Crippen molar-refractivity contribution in [3.8, 4) is 0 Å². The average Bonchev–Trinajstić information content (AvgIpc) is 2.09. The van der Waals surface area contributed by atoms with Crippen LogP contribution >= 0.6 is 0 Å². The van der Waals surface area contributed by atoms with Crippen LogP contribution in [0.4, 0.5) is 11.4 Å². The van der Waals surface area contributed by atoms with E-state index in [1.807, 2.05) is 24.3 Å². The van der Waals surface area contributed by atoms with Crippen LogP contribution in [0.1, 0.15) is 5.56 Å². The predicted octanol–water partition coefficient (Wildman–Crippen LogP) is 2.31. The fraction of sp³-hybridized carbons (Fsp3) is 0.0909. The Bertz CT molecular complexity index is 461. The van der Waals surface area contributed by atoms with Crippen molar-refractivity contribution >= 4 is 22.1 Å². The van der Waals surface area contributed by atoms with E-state index in [9.17, 15) is 0 Å². The van der Waals surface area contributed by atoms with Crippen LogP contribution in [0.25, 0.3) is 10.8 Å². The molecule has 0 bridgehead atoms. The molecule has 0 aliphatic carbocycles. The predicted molar refractivity (Wildman–Crippen MR) is 57.5 cm³/mol. The van der Waals surface area contributed by atoms with E-state index < -0.39 is 0 Å². The van der Waals surface area contributed by atoms with Crippen molar-refractivity contribution in [2.75, 3.05) is 11.5 Å². The molecular weight excluding hydrogens is 160 g/mol. The second-order valence-electron chi connectivity index (χ2n) is 3.28. The van der Waals surface area contributed by atoms with Gasteiger partial charge in [0.1, 0.15) is 0 Å². The average molecular weight is 172 g/mol. The molecule has 0 aliphatic heterocycles. The molecule has 0 saturated heterocycles. The van der Waals surface area contributed by atoms with Crippen molar-refractivity contribution < 1.29 is 0 Å². The zero-order chi connectivity index (χ0) is 9.42. The molecule has 0 atom stereocenters. The Hall–Kier alpha value is -1.70. The van der Waals surface area contributed by atoms with E-state index in [2.05, 4.69) is 13.0 Å². The smallest absolute Gasteiger partial charge is 0.0554 e. The Balaban J connectivity index is 2.89. The summed E-state index contributed by atoms with van der Waals surface area (Å²) in [4.78, 5) is 0. The van der Waals surface area contributed by atoms with Gasteiger partial charge >= 0.3 is 0 Å². The van der Waals surface area contributed by atoms with Crippen LogP contribution in [0.3, 0.4) is 0 Å². The number of nitrogens with two attached hydrogens (primary N) is 2. The second-order valence-corrected chi connectivity index (χ2v) is 3.28. The molecule has 0 radical (unpaired) electrons. The van der Waals surface area contributed by atoms with Crippen molar-refractivity contribution in [2.24, 2.45) is 0 Å². The van der Waals surface area contributed by atoms with E-state index in [1.54, 1.807) is 0 Å². The van der Waals surface area contributed by atoms with Gasteiger partial charge in [0.05, 0.1) is 11.4 Å². The van der Waals surface area contributed by atoms with Gasteiger partial charge in [-0.15, -0.1) is 0 Å². The minimum atomic E-state index is 0.651. The molecule has 0 aromatic heterocycles. The van der Waals surface area contributed by atoms with Crippen molar-refractivity contribution in [1.29, 1.82) is 0 Å². The highest BCUT2D eigenvalue weighted by atomic mass is 14.7. The van der Waals surface area contributed by atoms with Crippen molar-refractivity contribution in [1.82, 2.24) is 0 Å². The SMILES string of the molecule is Cc1cccc2cc(N)c(N)cc12. The molecular formula is C11H12N2. The summed E-state index contributed by atoms with van der Waals surface area (Å²) < 4.78 is 0. The van der Waals surface area contributed by atoms with Gasteiger partial charge in [0.2, 0.25) is 0 Å². The van der Waals surface area contributed by atoms with E-state index in [1.165, 1.54) is 10.9 Å². The molecule has 2 aromatic carbocycles. The molecule has 4 N–H and O–H groups in total. The van der Waals surface area contributed by atoms with Gasteiger partial charge < -0.3 is 11.5 Å². The van der Waals surface area contributed by atoms with Gasteiger partial charge in [-0.3, -0.25) is 0 Å². The quantitative estimate of drug-likeness (QED) is 0.599. The third-order valence-electron chi connectivity index (χ3n) is 2.30. The third-order valence-corrected chi connectivity index (χ3v) is 2.30. The molecule has 66 valence electrons. The lowest BCUT2D eigenvalue weighted by Gasteiger charge is -2.05. The summed E-state index contributed by atoms with van der Waals surface area (Å²) in [5.41, 5.74) is 14.0. The van der Waals surface area contributed by atoms with E-state index in [4.69, 9.17) is 11.5 Å². The van der Waals surface area contributed by atoms with Crippen LogP contribution < -0.4 is 11.5 Å². The first-order chi connectivity index (χ1) is 6.18. The van der Waals surface area contributed by atoms with Gasteiger partial charge in [-0.1, -0.05) is 18.2 Å². The Morgan fingerprint density at radius 1 is 1.00 bits per heavy atom. The van der Waals surface area contributed by atoms with Crippen LogP contribution in [-0.2, 0) is 0 Å². The number of benzene rings is 2. The van der Waals surface area contributed by atoms with Crippen LogP contribution in [0, 0.1) is 6.92 Å². The lowest BCUT2D eigenvalue weighted by Crippen LogP contribution is -1.94. The van der Waals surface area contributed by atoms with E-state index in [-0.39, 0.29) is 0 Å². The maximum atomic E-state index is 5.73. The van der Waals surface area contributed by atoms with Gasteiger partial charge in [-0.2, -0.15) is 0 Å². The summed E-state index contributed by atoms with van der Waals surface area (Å²) in [6.45, 7) is 2.07. The normalized spacial score (nSPS) is 10.5. The summed E-state index contributed by atoms with van der Waals surface area (Å²) in [7, 11) is 0. The summed E-state index contributed by atoms with van der Waals surface area (Å²) in [5, 5.41) is 2.32.